The van der Waals surface area contributed by atoms with Gasteiger partial charge in [-0.15, -0.1) is 0 Å². The van der Waals surface area contributed by atoms with E-state index in [4.69, 9.17) is 4.98 Å². The molecule has 0 amide bonds. The van der Waals surface area contributed by atoms with Crippen LogP contribution in [0.5, 0.6) is 0 Å². The molecule has 0 aliphatic rings. The zero-order valence-corrected chi connectivity index (χ0v) is 11.6. The van der Waals surface area contributed by atoms with Crippen LogP contribution in [-0.4, -0.2) is 14.0 Å². The fourth-order valence-electron chi connectivity index (χ4n) is 3.29. The van der Waals surface area contributed by atoms with Gasteiger partial charge in [0.25, 0.3) is 0 Å². The maximum atomic E-state index is 4.83. The summed E-state index contributed by atoms with van der Waals surface area (Å²) in [6.45, 7) is 0. The van der Waals surface area contributed by atoms with E-state index in [-0.39, 0.29) is 0 Å². The molecule has 0 radical (unpaired) electrons. The normalized spacial score (nSPS) is 12.0. The Labute approximate surface area is 121 Å². The molecule has 0 aliphatic heterocycles. The molecule has 0 fully saturated rings. The highest BCUT2D eigenvalue weighted by Crippen LogP contribution is 2.31. The minimum Gasteiger partial charge on any atom is -0.351 e. The average Bonchev–Trinajstić information content (AvgIpc) is 2.90. The van der Waals surface area contributed by atoms with Gasteiger partial charge in [0.05, 0.1) is 11.0 Å². The number of hydrogen-bond acceptors (Lipinski definition) is 1. The number of pyridine rings is 2. The summed E-state index contributed by atoms with van der Waals surface area (Å²) in [5, 5.41) is 3.73. The first kappa shape index (κ1) is 10.9. The molecular formula is C18H13N3. The Morgan fingerprint density at radius 3 is 2.71 bits per heavy atom. The Kier molecular flexibility index (Phi) is 1.89. The highest BCUT2D eigenvalue weighted by Gasteiger charge is 2.11. The van der Waals surface area contributed by atoms with Crippen LogP contribution < -0.4 is 0 Å². The van der Waals surface area contributed by atoms with Gasteiger partial charge in [-0.25, -0.2) is 4.98 Å². The van der Waals surface area contributed by atoms with E-state index in [1.54, 1.807) is 0 Å². The van der Waals surface area contributed by atoms with Gasteiger partial charge in [0.2, 0.25) is 0 Å². The van der Waals surface area contributed by atoms with Crippen molar-refractivity contribution in [1.82, 2.24) is 14.0 Å². The van der Waals surface area contributed by atoms with Gasteiger partial charge in [-0.3, -0.25) is 4.40 Å². The molecule has 2 aromatic carbocycles. The Morgan fingerprint density at radius 2 is 1.76 bits per heavy atom. The first-order valence-electron chi connectivity index (χ1n) is 7.06. The molecule has 0 saturated carbocycles. The minimum atomic E-state index is 1.03. The maximum Gasteiger partial charge on any atom is 0.145 e. The third kappa shape index (κ3) is 1.30. The van der Waals surface area contributed by atoms with Crippen LogP contribution in [0.15, 0.2) is 60.9 Å². The van der Waals surface area contributed by atoms with Crippen molar-refractivity contribution in [1.29, 1.82) is 0 Å². The van der Waals surface area contributed by atoms with Gasteiger partial charge in [-0.2, -0.15) is 0 Å². The minimum absolute atomic E-state index is 1.03. The van der Waals surface area contributed by atoms with Crippen molar-refractivity contribution in [3.63, 3.8) is 0 Å². The number of hydrogen-bond donors (Lipinski definition) is 0. The van der Waals surface area contributed by atoms with E-state index in [9.17, 15) is 0 Å². The van der Waals surface area contributed by atoms with Gasteiger partial charge < -0.3 is 4.57 Å². The zero-order chi connectivity index (χ0) is 14.0. The molecule has 5 rings (SSSR count). The van der Waals surface area contributed by atoms with Gasteiger partial charge in [-0.05, 0) is 24.3 Å². The summed E-state index contributed by atoms with van der Waals surface area (Å²) in [6, 6.07) is 16.9. The maximum absolute atomic E-state index is 4.83. The molecule has 0 aliphatic carbocycles. The molecule has 0 saturated heterocycles. The molecule has 3 nitrogen and oxygen atoms in total. The number of para-hydroxylation sites is 2. The Hall–Kier alpha value is -2.81. The second-order valence-electron chi connectivity index (χ2n) is 5.50. The molecule has 0 bridgehead atoms. The smallest absolute Gasteiger partial charge is 0.145 e. The largest absolute Gasteiger partial charge is 0.351 e. The van der Waals surface area contributed by atoms with Crippen molar-refractivity contribution in [3.8, 4) is 0 Å². The summed E-state index contributed by atoms with van der Waals surface area (Å²) in [5.74, 6) is 0. The van der Waals surface area contributed by atoms with Crippen LogP contribution >= 0.6 is 0 Å². The second kappa shape index (κ2) is 3.64. The molecule has 3 heterocycles. The lowest BCUT2D eigenvalue weighted by Gasteiger charge is -2.11. The van der Waals surface area contributed by atoms with Crippen molar-refractivity contribution < 1.29 is 0 Å². The summed E-state index contributed by atoms with van der Waals surface area (Å²) in [7, 11) is 2.08. The third-order valence-electron chi connectivity index (χ3n) is 4.29. The number of fused-ring (bicyclic) bond motifs is 4. The Bertz CT molecular complexity index is 1140. The first-order chi connectivity index (χ1) is 10.3. The van der Waals surface area contributed by atoms with E-state index in [0.717, 1.165) is 16.7 Å². The second-order valence-corrected chi connectivity index (χ2v) is 5.50. The molecular weight excluding hydrogens is 258 g/mol. The molecule has 0 spiro atoms. The van der Waals surface area contributed by atoms with Crippen LogP contribution in [0.25, 0.3) is 38.4 Å². The molecule has 5 aromatic rings. The fourth-order valence-corrected chi connectivity index (χ4v) is 3.29. The quantitative estimate of drug-likeness (QED) is 0.415. The SMILES string of the molecule is Cn1ccc2cn3c4ccccc4nc3c3cccc1c23. The van der Waals surface area contributed by atoms with Gasteiger partial charge in [0.1, 0.15) is 5.65 Å². The predicted molar refractivity (Wildman–Crippen MR) is 86.7 cm³/mol. The predicted octanol–water partition coefficient (Wildman–Crippen LogP) is 4.13. The number of aromatic nitrogens is 3. The van der Waals surface area contributed by atoms with Gasteiger partial charge >= 0.3 is 0 Å². The van der Waals surface area contributed by atoms with Crippen molar-refractivity contribution in [2.45, 2.75) is 0 Å². The van der Waals surface area contributed by atoms with E-state index in [2.05, 4.69) is 70.9 Å². The molecule has 100 valence electrons. The van der Waals surface area contributed by atoms with Crippen molar-refractivity contribution in [2.75, 3.05) is 0 Å². The van der Waals surface area contributed by atoms with Crippen molar-refractivity contribution >= 4 is 38.4 Å². The summed E-state index contributed by atoms with van der Waals surface area (Å²) >= 11 is 0. The number of aryl methyl sites for hydroxylation is 1. The molecule has 0 atom stereocenters. The van der Waals surface area contributed by atoms with Gasteiger partial charge in [0.15, 0.2) is 0 Å². The van der Waals surface area contributed by atoms with Crippen LogP contribution in [0.1, 0.15) is 0 Å². The summed E-state index contributed by atoms with van der Waals surface area (Å²) in [6.07, 6.45) is 4.31. The standard InChI is InChI=1S/C18H13N3/c1-20-10-9-12-11-21-15-7-3-2-6-14(15)19-18(21)13-5-4-8-16(20)17(12)13/h2-11H,1H3. The van der Waals surface area contributed by atoms with E-state index < -0.39 is 0 Å². The average molecular weight is 271 g/mol. The van der Waals surface area contributed by atoms with Crippen molar-refractivity contribution in [3.05, 3.63) is 60.9 Å². The highest BCUT2D eigenvalue weighted by atomic mass is 15.0. The van der Waals surface area contributed by atoms with E-state index in [0.29, 0.717) is 0 Å². The summed E-state index contributed by atoms with van der Waals surface area (Å²) in [5.41, 5.74) is 4.46. The highest BCUT2D eigenvalue weighted by molar-refractivity contribution is 6.14. The van der Waals surface area contributed by atoms with Crippen LogP contribution in [0.4, 0.5) is 0 Å². The van der Waals surface area contributed by atoms with E-state index in [1.807, 2.05) is 6.07 Å². The van der Waals surface area contributed by atoms with Gasteiger partial charge in [-0.1, -0.05) is 24.3 Å². The van der Waals surface area contributed by atoms with Crippen LogP contribution in [0.3, 0.4) is 0 Å². The number of nitrogens with zero attached hydrogens (tertiary/aromatic N) is 3. The lowest BCUT2D eigenvalue weighted by Crippen LogP contribution is -1.95. The topological polar surface area (TPSA) is 22.2 Å². The fraction of sp³-hybridized carbons (Fsp3) is 0.0556. The molecule has 3 aromatic heterocycles. The van der Waals surface area contributed by atoms with Gasteiger partial charge in [0, 0.05) is 41.1 Å². The summed E-state index contributed by atoms with van der Waals surface area (Å²) < 4.78 is 4.36. The Balaban J connectivity index is 2.18. The zero-order valence-electron chi connectivity index (χ0n) is 11.6. The van der Waals surface area contributed by atoms with Crippen LogP contribution in [0, 0.1) is 0 Å². The number of benzene rings is 2. The van der Waals surface area contributed by atoms with Crippen LogP contribution in [0.2, 0.25) is 0 Å². The molecule has 0 N–H and O–H groups in total. The number of imidazole rings is 1. The van der Waals surface area contributed by atoms with Crippen LogP contribution in [-0.2, 0) is 7.05 Å². The third-order valence-corrected chi connectivity index (χ3v) is 4.29. The lowest BCUT2D eigenvalue weighted by atomic mass is 10.1. The summed E-state index contributed by atoms with van der Waals surface area (Å²) in [4.78, 5) is 4.83. The number of rotatable bonds is 0. The molecule has 3 heteroatoms. The van der Waals surface area contributed by atoms with E-state index in [1.165, 1.54) is 21.7 Å². The molecule has 21 heavy (non-hydrogen) atoms. The first-order valence-corrected chi connectivity index (χ1v) is 7.06. The molecule has 0 unspecified atom stereocenters. The monoisotopic (exact) mass is 271 g/mol. The van der Waals surface area contributed by atoms with E-state index >= 15 is 0 Å². The lowest BCUT2D eigenvalue weighted by molar-refractivity contribution is 0.955. The Morgan fingerprint density at radius 1 is 0.905 bits per heavy atom. The van der Waals surface area contributed by atoms with Crippen molar-refractivity contribution in [2.24, 2.45) is 7.05 Å².